The van der Waals surface area contributed by atoms with Crippen molar-refractivity contribution in [2.45, 2.75) is 32.4 Å². The van der Waals surface area contributed by atoms with Gasteiger partial charge in [-0.1, -0.05) is 24.3 Å². The summed E-state index contributed by atoms with van der Waals surface area (Å²) < 4.78 is 0. The van der Waals surface area contributed by atoms with E-state index in [1.165, 1.54) is 11.1 Å². The molecule has 0 spiro atoms. The van der Waals surface area contributed by atoms with Crippen molar-refractivity contribution < 1.29 is 14.4 Å². The summed E-state index contributed by atoms with van der Waals surface area (Å²) in [5, 5.41) is 5.77. The Morgan fingerprint density at radius 2 is 1.67 bits per heavy atom. The SMILES string of the molecule is O=C(NCCCN1CCCC1=O)c1ccc(NC(=O)N2Cc3ccccc3C2)cc1. The van der Waals surface area contributed by atoms with Crippen molar-refractivity contribution in [3.8, 4) is 0 Å². The van der Waals surface area contributed by atoms with Crippen LogP contribution in [0.3, 0.4) is 0 Å². The number of urea groups is 1. The largest absolute Gasteiger partial charge is 0.352 e. The van der Waals surface area contributed by atoms with Crippen LogP contribution >= 0.6 is 0 Å². The first-order valence-corrected chi connectivity index (χ1v) is 10.4. The Kier molecular flexibility index (Phi) is 5.97. The highest BCUT2D eigenvalue weighted by Gasteiger charge is 2.23. The maximum atomic E-state index is 12.5. The predicted octanol–water partition coefficient (Wildman–Crippen LogP) is 2.98. The summed E-state index contributed by atoms with van der Waals surface area (Å²) >= 11 is 0. The second kappa shape index (κ2) is 8.98. The van der Waals surface area contributed by atoms with E-state index in [0.29, 0.717) is 43.9 Å². The second-order valence-electron chi connectivity index (χ2n) is 7.73. The molecule has 0 bridgehead atoms. The Labute approximate surface area is 176 Å². The number of carbonyl (C=O) groups excluding carboxylic acids is 3. The number of carbonyl (C=O) groups is 3. The van der Waals surface area contributed by atoms with Gasteiger partial charge >= 0.3 is 6.03 Å². The molecule has 0 saturated carbocycles. The van der Waals surface area contributed by atoms with Gasteiger partial charge in [-0.05, 0) is 48.2 Å². The number of rotatable bonds is 6. The van der Waals surface area contributed by atoms with E-state index in [1.807, 2.05) is 29.2 Å². The molecule has 2 aliphatic rings. The lowest BCUT2D eigenvalue weighted by Crippen LogP contribution is -2.31. The molecule has 4 rings (SSSR count). The van der Waals surface area contributed by atoms with E-state index in [0.717, 1.165) is 19.4 Å². The standard InChI is InChI=1S/C23H26N4O3/c28-21-7-3-13-26(21)14-4-12-24-22(29)17-8-10-20(11-9-17)25-23(30)27-15-18-5-1-2-6-19(18)16-27/h1-2,5-6,8-11H,3-4,7,12-16H2,(H,24,29)(H,25,30). The molecule has 0 aliphatic carbocycles. The van der Waals surface area contributed by atoms with E-state index < -0.39 is 0 Å². The lowest BCUT2D eigenvalue weighted by atomic mass is 10.1. The number of anilines is 1. The Morgan fingerprint density at radius 1 is 0.967 bits per heavy atom. The van der Waals surface area contributed by atoms with Crippen LogP contribution in [0, 0.1) is 0 Å². The molecule has 2 aliphatic heterocycles. The summed E-state index contributed by atoms with van der Waals surface area (Å²) in [6.07, 6.45) is 2.31. The van der Waals surface area contributed by atoms with E-state index in [2.05, 4.69) is 10.6 Å². The van der Waals surface area contributed by atoms with Crippen LogP contribution in [-0.4, -0.2) is 47.3 Å². The normalized spacial score (nSPS) is 15.3. The molecule has 2 heterocycles. The fraction of sp³-hybridized carbons (Fsp3) is 0.348. The quantitative estimate of drug-likeness (QED) is 0.724. The molecule has 4 amide bonds. The molecular weight excluding hydrogens is 380 g/mol. The average molecular weight is 406 g/mol. The fourth-order valence-corrected chi connectivity index (χ4v) is 3.90. The van der Waals surface area contributed by atoms with Crippen molar-refractivity contribution in [3.63, 3.8) is 0 Å². The molecule has 30 heavy (non-hydrogen) atoms. The fourth-order valence-electron chi connectivity index (χ4n) is 3.90. The maximum absolute atomic E-state index is 12.5. The van der Waals surface area contributed by atoms with Crippen LogP contribution in [0.25, 0.3) is 0 Å². The zero-order valence-electron chi connectivity index (χ0n) is 16.9. The van der Waals surface area contributed by atoms with Crippen molar-refractivity contribution >= 4 is 23.5 Å². The Hall–Kier alpha value is -3.35. The number of benzene rings is 2. The molecule has 1 saturated heterocycles. The van der Waals surface area contributed by atoms with Gasteiger partial charge in [0.25, 0.3) is 5.91 Å². The molecule has 0 unspecified atom stereocenters. The molecule has 0 atom stereocenters. The highest BCUT2D eigenvalue weighted by molar-refractivity contribution is 5.95. The molecule has 0 radical (unpaired) electrons. The molecule has 1 fully saturated rings. The predicted molar refractivity (Wildman–Crippen MR) is 114 cm³/mol. The maximum Gasteiger partial charge on any atom is 0.322 e. The number of amides is 4. The summed E-state index contributed by atoms with van der Waals surface area (Å²) in [6.45, 7) is 3.24. The third-order valence-corrected chi connectivity index (χ3v) is 5.59. The van der Waals surface area contributed by atoms with Crippen LogP contribution in [0.1, 0.15) is 40.7 Å². The zero-order valence-corrected chi connectivity index (χ0v) is 16.9. The monoisotopic (exact) mass is 406 g/mol. The van der Waals surface area contributed by atoms with E-state index >= 15 is 0 Å². The summed E-state index contributed by atoms with van der Waals surface area (Å²) in [4.78, 5) is 40.0. The van der Waals surface area contributed by atoms with Gasteiger partial charge in [-0.15, -0.1) is 0 Å². The van der Waals surface area contributed by atoms with E-state index in [9.17, 15) is 14.4 Å². The Morgan fingerprint density at radius 3 is 2.30 bits per heavy atom. The van der Waals surface area contributed by atoms with Crippen molar-refractivity contribution in [3.05, 3.63) is 65.2 Å². The van der Waals surface area contributed by atoms with Crippen LogP contribution in [0.5, 0.6) is 0 Å². The summed E-state index contributed by atoms with van der Waals surface area (Å²) in [5.41, 5.74) is 3.54. The Bertz CT molecular complexity index is 917. The number of nitrogens with zero attached hydrogens (tertiary/aromatic N) is 2. The topological polar surface area (TPSA) is 81.8 Å². The van der Waals surface area contributed by atoms with Gasteiger partial charge in [0.15, 0.2) is 0 Å². The van der Waals surface area contributed by atoms with Crippen molar-refractivity contribution in [1.29, 1.82) is 0 Å². The smallest absolute Gasteiger partial charge is 0.322 e. The first-order chi connectivity index (χ1) is 14.6. The number of hydrogen-bond acceptors (Lipinski definition) is 3. The average Bonchev–Trinajstić information content (AvgIpc) is 3.37. The van der Waals surface area contributed by atoms with Gasteiger partial charge in [-0.25, -0.2) is 4.79 Å². The minimum Gasteiger partial charge on any atom is -0.352 e. The van der Waals surface area contributed by atoms with E-state index in [1.54, 1.807) is 29.2 Å². The highest BCUT2D eigenvalue weighted by Crippen LogP contribution is 2.23. The van der Waals surface area contributed by atoms with Gasteiger partial charge in [0.05, 0.1) is 0 Å². The van der Waals surface area contributed by atoms with Crippen LogP contribution in [0.15, 0.2) is 48.5 Å². The first-order valence-electron chi connectivity index (χ1n) is 10.4. The Balaban J connectivity index is 1.22. The van der Waals surface area contributed by atoms with Crippen molar-refractivity contribution in [1.82, 2.24) is 15.1 Å². The third-order valence-electron chi connectivity index (χ3n) is 5.59. The molecular formula is C23H26N4O3. The van der Waals surface area contributed by atoms with Gasteiger partial charge in [-0.2, -0.15) is 0 Å². The van der Waals surface area contributed by atoms with E-state index in [-0.39, 0.29) is 17.8 Å². The summed E-state index contributed by atoms with van der Waals surface area (Å²) in [6, 6.07) is 14.8. The van der Waals surface area contributed by atoms with E-state index in [4.69, 9.17) is 0 Å². The van der Waals surface area contributed by atoms with Crippen LogP contribution in [0.4, 0.5) is 10.5 Å². The first kappa shape index (κ1) is 19.9. The number of nitrogens with one attached hydrogen (secondary N) is 2. The van der Waals surface area contributed by atoms with Crippen LogP contribution in [0.2, 0.25) is 0 Å². The van der Waals surface area contributed by atoms with Gasteiger partial charge in [0, 0.05) is 50.4 Å². The number of likely N-dealkylation sites (tertiary alicyclic amines) is 1. The second-order valence-corrected chi connectivity index (χ2v) is 7.73. The third kappa shape index (κ3) is 4.62. The highest BCUT2D eigenvalue weighted by atomic mass is 16.2. The van der Waals surface area contributed by atoms with Gasteiger partial charge in [0.1, 0.15) is 0 Å². The van der Waals surface area contributed by atoms with Crippen molar-refractivity contribution in [2.24, 2.45) is 0 Å². The molecule has 2 N–H and O–H groups in total. The summed E-state index contributed by atoms with van der Waals surface area (Å²) in [5.74, 6) is 0.0485. The lowest BCUT2D eigenvalue weighted by molar-refractivity contribution is -0.127. The zero-order chi connectivity index (χ0) is 20.9. The summed E-state index contributed by atoms with van der Waals surface area (Å²) in [7, 11) is 0. The van der Waals surface area contributed by atoms with Crippen molar-refractivity contribution in [2.75, 3.05) is 25.0 Å². The molecule has 0 aromatic heterocycles. The molecule has 156 valence electrons. The van der Waals surface area contributed by atoms with Crippen LogP contribution < -0.4 is 10.6 Å². The van der Waals surface area contributed by atoms with Crippen LogP contribution in [-0.2, 0) is 17.9 Å². The minimum absolute atomic E-state index is 0.153. The van der Waals surface area contributed by atoms with Gasteiger partial charge < -0.3 is 20.4 Å². The number of fused-ring (bicyclic) bond motifs is 1. The molecule has 7 heteroatoms. The molecule has 7 nitrogen and oxygen atoms in total. The van der Waals surface area contributed by atoms with Gasteiger partial charge in [-0.3, -0.25) is 9.59 Å². The lowest BCUT2D eigenvalue weighted by Gasteiger charge is -2.16. The molecule has 2 aromatic carbocycles. The minimum atomic E-state index is -0.157. The van der Waals surface area contributed by atoms with Gasteiger partial charge in [0.2, 0.25) is 5.91 Å². The molecule has 2 aromatic rings. The number of hydrogen-bond donors (Lipinski definition) is 2.